The lowest BCUT2D eigenvalue weighted by molar-refractivity contribution is -0.118. The van der Waals surface area contributed by atoms with Gasteiger partial charge in [-0.1, -0.05) is 27.2 Å². The van der Waals surface area contributed by atoms with Gasteiger partial charge in [-0.3, -0.25) is 9.59 Å². The van der Waals surface area contributed by atoms with Crippen molar-refractivity contribution in [3.05, 3.63) is 48.0 Å². The van der Waals surface area contributed by atoms with E-state index in [1.165, 1.54) is 0 Å². The summed E-state index contributed by atoms with van der Waals surface area (Å²) in [6.07, 6.45) is 1.96. The molecular formula is C22H28N2O4. The molecule has 28 heavy (non-hydrogen) atoms. The number of hydrogen-bond acceptors (Lipinski definition) is 4. The molecule has 0 atom stereocenters. The van der Waals surface area contributed by atoms with Crippen LogP contribution in [0.4, 0.5) is 11.4 Å². The predicted molar refractivity (Wildman–Crippen MR) is 111 cm³/mol. The maximum Gasteiger partial charge on any atom is 0.255 e. The standard InChI is InChI=1S/C22H28N2O4/c1-5-6-13-28-20-12-11-18(27-4)14-19(20)24-22(26)16-7-9-17(10-8-16)23-21(25)15(2)3/h7-12,14-15H,5-6,13H2,1-4H3,(H,23,25)(H,24,26). The Morgan fingerprint density at radius 1 is 1.04 bits per heavy atom. The zero-order chi connectivity index (χ0) is 20.5. The van der Waals surface area contributed by atoms with Crippen LogP contribution in [-0.2, 0) is 4.79 Å². The smallest absolute Gasteiger partial charge is 0.255 e. The average molecular weight is 384 g/mol. The zero-order valence-corrected chi connectivity index (χ0v) is 16.9. The first-order valence-electron chi connectivity index (χ1n) is 9.47. The van der Waals surface area contributed by atoms with Crippen LogP contribution >= 0.6 is 0 Å². The molecule has 0 aliphatic carbocycles. The lowest BCUT2D eigenvalue weighted by Crippen LogP contribution is -2.18. The van der Waals surface area contributed by atoms with E-state index in [9.17, 15) is 9.59 Å². The van der Waals surface area contributed by atoms with E-state index in [-0.39, 0.29) is 17.7 Å². The van der Waals surface area contributed by atoms with Gasteiger partial charge in [0.2, 0.25) is 5.91 Å². The van der Waals surface area contributed by atoms with Crippen molar-refractivity contribution in [2.75, 3.05) is 24.4 Å². The number of hydrogen-bond donors (Lipinski definition) is 2. The number of benzene rings is 2. The maximum atomic E-state index is 12.6. The van der Waals surface area contributed by atoms with E-state index in [0.717, 1.165) is 12.8 Å². The van der Waals surface area contributed by atoms with Crippen LogP contribution in [0.3, 0.4) is 0 Å². The molecular weight excluding hydrogens is 356 g/mol. The van der Waals surface area contributed by atoms with E-state index in [4.69, 9.17) is 9.47 Å². The van der Waals surface area contributed by atoms with Crippen molar-refractivity contribution >= 4 is 23.2 Å². The summed E-state index contributed by atoms with van der Waals surface area (Å²) < 4.78 is 11.0. The molecule has 6 nitrogen and oxygen atoms in total. The number of amides is 2. The lowest BCUT2D eigenvalue weighted by atomic mass is 10.1. The molecule has 2 N–H and O–H groups in total. The molecule has 150 valence electrons. The van der Waals surface area contributed by atoms with Gasteiger partial charge in [-0.05, 0) is 42.8 Å². The molecule has 0 radical (unpaired) electrons. The van der Waals surface area contributed by atoms with Crippen LogP contribution in [-0.4, -0.2) is 25.5 Å². The number of carbonyl (C=O) groups is 2. The first-order valence-corrected chi connectivity index (χ1v) is 9.47. The fourth-order valence-electron chi connectivity index (χ4n) is 2.37. The molecule has 0 unspecified atom stereocenters. The number of rotatable bonds is 9. The molecule has 0 saturated heterocycles. The second-order valence-electron chi connectivity index (χ2n) is 6.74. The first kappa shape index (κ1) is 21.3. The largest absolute Gasteiger partial charge is 0.497 e. The van der Waals surface area contributed by atoms with Gasteiger partial charge < -0.3 is 20.1 Å². The number of anilines is 2. The van der Waals surface area contributed by atoms with Crippen LogP contribution in [0.2, 0.25) is 0 Å². The summed E-state index contributed by atoms with van der Waals surface area (Å²) >= 11 is 0. The molecule has 0 aliphatic rings. The summed E-state index contributed by atoms with van der Waals surface area (Å²) in [4.78, 5) is 24.4. The Hall–Kier alpha value is -3.02. The third-order valence-electron chi connectivity index (χ3n) is 4.13. The van der Waals surface area contributed by atoms with Crippen molar-refractivity contribution in [3.8, 4) is 11.5 Å². The van der Waals surface area contributed by atoms with Crippen molar-refractivity contribution in [2.24, 2.45) is 5.92 Å². The molecule has 2 aromatic carbocycles. The normalized spacial score (nSPS) is 10.5. The number of unbranched alkanes of at least 4 members (excludes halogenated alkanes) is 1. The average Bonchev–Trinajstić information content (AvgIpc) is 2.69. The first-order chi connectivity index (χ1) is 13.4. The molecule has 2 rings (SSSR count). The Kier molecular flexibility index (Phi) is 7.87. The van der Waals surface area contributed by atoms with Crippen LogP contribution in [0.15, 0.2) is 42.5 Å². The van der Waals surface area contributed by atoms with Crippen LogP contribution < -0.4 is 20.1 Å². The minimum atomic E-state index is -0.268. The van der Waals surface area contributed by atoms with E-state index >= 15 is 0 Å². The summed E-state index contributed by atoms with van der Waals surface area (Å²) in [7, 11) is 1.57. The van der Waals surface area contributed by atoms with Gasteiger partial charge in [0.05, 0.1) is 19.4 Å². The van der Waals surface area contributed by atoms with Crippen LogP contribution in [0.5, 0.6) is 11.5 Å². The Labute approximate surface area is 166 Å². The van der Waals surface area contributed by atoms with Gasteiger partial charge in [0.25, 0.3) is 5.91 Å². The Balaban J connectivity index is 2.11. The maximum absolute atomic E-state index is 12.6. The summed E-state index contributed by atoms with van der Waals surface area (Å²) in [5.41, 5.74) is 1.68. The van der Waals surface area contributed by atoms with Gasteiger partial charge in [-0.25, -0.2) is 0 Å². The van der Waals surface area contributed by atoms with E-state index in [1.54, 1.807) is 49.6 Å². The third kappa shape index (κ3) is 6.01. The van der Waals surface area contributed by atoms with Gasteiger partial charge in [0.1, 0.15) is 11.5 Å². The van der Waals surface area contributed by atoms with Crippen molar-refractivity contribution < 1.29 is 19.1 Å². The molecule has 0 fully saturated rings. The number of carbonyl (C=O) groups excluding carboxylic acids is 2. The molecule has 0 saturated carbocycles. The van der Waals surface area contributed by atoms with E-state index < -0.39 is 0 Å². The number of methoxy groups -OCH3 is 1. The summed E-state index contributed by atoms with van der Waals surface area (Å²) in [5.74, 6) is 0.785. The topological polar surface area (TPSA) is 76.7 Å². The molecule has 0 bridgehead atoms. The monoisotopic (exact) mass is 384 g/mol. The summed E-state index contributed by atoms with van der Waals surface area (Å²) in [6.45, 7) is 6.32. The van der Waals surface area contributed by atoms with Crippen LogP contribution in [0.25, 0.3) is 0 Å². The highest BCUT2D eigenvalue weighted by atomic mass is 16.5. The lowest BCUT2D eigenvalue weighted by Gasteiger charge is -2.14. The van der Waals surface area contributed by atoms with Crippen molar-refractivity contribution in [1.82, 2.24) is 0 Å². The summed E-state index contributed by atoms with van der Waals surface area (Å²) in [5, 5.41) is 5.68. The molecule has 0 spiro atoms. The third-order valence-corrected chi connectivity index (χ3v) is 4.13. The highest BCUT2D eigenvalue weighted by Gasteiger charge is 2.13. The van der Waals surface area contributed by atoms with Crippen LogP contribution in [0.1, 0.15) is 44.0 Å². The van der Waals surface area contributed by atoms with Gasteiger partial charge in [0.15, 0.2) is 0 Å². The second-order valence-corrected chi connectivity index (χ2v) is 6.74. The Morgan fingerprint density at radius 3 is 2.36 bits per heavy atom. The van der Waals surface area contributed by atoms with E-state index in [2.05, 4.69) is 17.6 Å². The van der Waals surface area contributed by atoms with E-state index in [0.29, 0.717) is 35.0 Å². The number of nitrogens with one attached hydrogen (secondary N) is 2. The van der Waals surface area contributed by atoms with E-state index in [1.807, 2.05) is 13.8 Å². The van der Waals surface area contributed by atoms with Gasteiger partial charge >= 0.3 is 0 Å². The Bertz CT molecular complexity index is 801. The SMILES string of the molecule is CCCCOc1ccc(OC)cc1NC(=O)c1ccc(NC(=O)C(C)C)cc1. The summed E-state index contributed by atoms with van der Waals surface area (Å²) in [6, 6.07) is 12.1. The van der Waals surface area contributed by atoms with Crippen LogP contribution in [0, 0.1) is 5.92 Å². The van der Waals surface area contributed by atoms with Gasteiger partial charge in [-0.15, -0.1) is 0 Å². The molecule has 0 aromatic heterocycles. The number of ether oxygens (including phenoxy) is 2. The molecule has 2 amide bonds. The Morgan fingerprint density at radius 2 is 1.75 bits per heavy atom. The van der Waals surface area contributed by atoms with Crippen molar-refractivity contribution in [3.63, 3.8) is 0 Å². The van der Waals surface area contributed by atoms with Crippen molar-refractivity contribution in [1.29, 1.82) is 0 Å². The highest BCUT2D eigenvalue weighted by Crippen LogP contribution is 2.30. The zero-order valence-electron chi connectivity index (χ0n) is 16.9. The molecule has 2 aromatic rings. The molecule has 6 heteroatoms. The predicted octanol–water partition coefficient (Wildman–Crippen LogP) is 4.72. The quantitative estimate of drug-likeness (QED) is 0.613. The second kappa shape index (κ2) is 10.3. The minimum absolute atomic E-state index is 0.0672. The highest BCUT2D eigenvalue weighted by molar-refractivity contribution is 6.05. The van der Waals surface area contributed by atoms with Crippen molar-refractivity contribution in [2.45, 2.75) is 33.6 Å². The fraction of sp³-hybridized carbons (Fsp3) is 0.364. The van der Waals surface area contributed by atoms with Gasteiger partial charge in [0, 0.05) is 23.2 Å². The minimum Gasteiger partial charge on any atom is -0.497 e. The molecule has 0 heterocycles. The molecule has 0 aliphatic heterocycles. The van der Waals surface area contributed by atoms with Gasteiger partial charge in [-0.2, -0.15) is 0 Å². The fourth-order valence-corrected chi connectivity index (χ4v) is 2.37.